The van der Waals surface area contributed by atoms with E-state index in [1.54, 1.807) is 0 Å². The van der Waals surface area contributed by atoms with E-state index in [1.165, 1.54) is 39.9 Å². The van der Waals surface area contributed by atoms with Gasteiger partial charge >= 0.3 is 0 Å². The molecular weight excluding hydrogens is 466 g/mol. The summed E-state index contributed by atoms with van der Waals surface area (Å²) in [6, 6.07) is 9.86. The Hall–Kier alpha value is -2.00. The van der Waals surface area contributed by atoms with Gasteiger partial charge in [-0.2, -0.15) is 9.30 Å². The van der Waals surface area contributed by atoms with E-state index in [-0.39, 0.29) is 4.90 Å². The number of fused-ring (bicyclic) bond motifs is 1. The molecule has 1 atom stereocenters. The first-order chi connectivity index (χ1) is 15.2. The number of halogens is 1. The highest BCUT2D eigenvalue weighted by molar-refractivity contribution is 7.89. The van der Waals surface area contributed by atoms with Crippen LogP contribution in [0.4, 0.5) is 0 Å². The van der Waals surface area contributed by atoms with Crippen LogP contribution in [0.1, 0.15) is 42.6 Å². The van der Waals surface area contributed by atoms with Crippen LogP contribution < -0.4 is 4.80 Å². The first kappa shape index (κ1) is 23.2. The topological polar surface area (TPSA) is 71.7 Å². The van der Waals surface area contributed by atoms with Crippen molar-refractivity contribution in [1.82, 2.24) is 8.87 Å². The van der Waals surface area contributed by atoms with E-state index in [0.29, 0.717) is 40.9 Å². The van der Waals surface area contributed by atoms with Crippen molar-refractivity contribution in [2.75, 3.05) is 13.1 Å². The number of carbonyl (C=O) groups is 1. The molecule has 0 N–H and O–H groups in total. The number of hydrogen-bond donors (Lipinski definition) is 0. The van der Waals surface area contributed by atoms with Crippen LogP contribution in [-0.2, 0) is 16.6 Å². The number of benzene rings is 2. The SMILES string of the molecule is CCn1c(=NC(=O)c2ccc(S(=O)(=O)N3CCCC(C)C3)cc2)sc2cc(Cl)cc(C)c21. The quantitative estimate of drug-likeness (QED) is 0.524. The lowest BCUT2D eigenvalue weighted by atomic mass is 10.0. The molecule has 0 aliphatic carbocycles. The molecule has 1 amide bonds. The maximum absolute atomic E-state index is 13.0. The molecule has 9 heteroatoms. The summed E-state index contributed by atoms with van der Waals surface area (Å²) in [5.74, 6) is -0.0543. The molecule has 32 heavy (non-hydrogen) atoms. The number of nitrogens with zero attached hydrogens (tertiary/aromatic N) is 3. The van der Waals surface area contributed by atoms with Crippen LogP contribution in [0.2, 0.25) is 5.02 Å². The number of carbonyl (C=O) groups excluding carboxylic acids is 1. The molecule has 1 aliphatic heterocycles. The van der Waals surface area contributed by atoms with Gasteiger partial charge in [0.2, 0.25) is 10.0 Å². The number of sulfonamides is 1. The van der Waals surface area contributed by atoms with Crippen LogP contribution in [0, 0.1) is 12.8 Å². The van der Waals surface area contributed by atoms with Crippen molar-refractivity contribution in [1.29, 1.82) is 0 Å². The van der Waals surface area contributed by atoms with E-state index in [4.69, 9.17) is 11.6 Å². The third-order valence-electron chi connectivity index (χ3n) is 5.80. The van der Waals surface area contributed by atoms with Crippen molar-refractivity contribution in [2.45, 2.75) is 45.1 Å². The molecule has 1 aromatic heterocycles. The fourth-order valence-corrected chi connectivity index (χ4v) is 7.33. The Balaban J connectivity index is 1.65. The van der Waals surface area contributed by atoms with Gasteiger partial charge in [0.15, 0.2) is 4.80 Å². The highest BCUT2D eigenvalue weighted by Crippen LogP contribution is 2.26. The Bertz CT molecular complexity index is 1340. The van der Waals surface area contributed by atoms with E-state index >= 15 is 0 Å². The van der Waals surface area contributed by atoms with Crippen molar-refractivity contribution in [3.63, 3.8) is 0 Å². The van der Waals surface area contributed by atoms with Crippen LogP contribution in [0.3, 0.4) is 0 Å². The van der Waals surface area contributed by atoms with Gasteiger partial charge < -0.3 is 4.57 Å². The zero-order valence-corrected chi connectivity index (χ0v) is 20.7. The second kappa shape index (κ2) is 9.09. The third-order valence-corrected chi connectivity index (χ3v) is 8.93. The minimum atomic E-state index is -3.56. The molecule has 170 valence electrons. The zero-order valence-electron chi connectivity index (χ0n) is 18.3. The molecule has 0 spiro atoms. The van der Waals surface area contributed by atoms with E-state index in [2.05, 4.69) is 11.9 Å². The van der Waals surface area contributed by atoms with Gasteiger partial charge in [-0.05, 0) is 74.6 Å². The van der Waals surface area contributed by atoms with Crippen molar-refractivity contribution < 1.29 is 13.2 Å². The normalized spacial score (nSPS) is 18.4. The predicted octanol–water partition coefficient (Wildman–Crippen LogP) is 4.85. The second-order valence-corrected chi connectivity index (χ2v) is 11.6. The highest BCUT2D eigenvalue weighted by atomic mass is 35.5. The fourth-order valence-electron chi connectivity index (χ4n) is 4.19. The van der Waals surface area contributed by atoms with Gasteiger partial charge in [-0.15, -0.1) is 0 Å². The number of rotatable bonds is 4. The number of piperidine rings is 1. The molecule has 2 heterocycles. The van der Waals surface area contributed by atoms with Gasteiger partial charge in [-0.25, -0.2) is 8.42 Å². The third kappa shape index (κ3) is 4.41. The zero-order chi connectivity index (χ0) is 23.0. The molecule has 4 rings (SSSR count). The summed E-state index contributed by atoms with van der Waals surface area (Å²) in [6.45, 7) is 7.79. The Morgan fingerprint density at radius 3 is 2.62 bits per heavy atom. The van der Waals surface area contributed by atoms with Crippen LogP contribution >= 0.6 is 22.9 Å². The van der Waals surface area contributed by atoms with Crippen molar-refractivity contribution >= 4 is 49.1 Å². The first-order valence-electron chi connectivity index (χ1n) is 10.7. The summed E-state index contributed by atoms with van der Waals surface area (Å²) < 4.78 is 30.4. The number of thiazole rings is 1. The predicted molar refractivity (Wildman–Crippen MR) is 129 cm³/mol. The van der Waals surface area contributed by atoms with Crippen LogP contribution in [0.25, 0.3) is 10.2 Å². The summed E-state index contributed by atoms with van der Waals surface area (Å²) in [4.78, 5) is 18.0. The molecule has 0 saturated carbocycles. The van der Waals surface area contributed by atoms with Gasteiger partial charge in [0.1, 0.15) is 0 Å². The Morgan fingerprint density at radius 1 is 1.25 bits per heavy atom. The Labute approximate surface area is 197 Å². The molecule has 3 aromatic rings. The molecule has 1 unspecified atom stereocenters. The maximum Gasteiger partial charge on any atom is 0.279 e. The lowest BCUT2D eigenvalue weighted by molar-refractivity contribution is 0.0997. The summed E-state index contributed by atoms with van der Waals surface area (Å²) in [6.07, 6.45) is 1.91. The van der Waals surface area contributed by atoms with Crippen LogP contribution in [0.5, 0.6) is 0 Å². The van der Waals surface area contributed by atoms with E-state index in [0.717, 1.165) is 28.6 Å². The molecular formula is C23H26ClN3O3S2. The second-order valence-electron chi connectivity index (χ2n) is 8.25. The van der Waals surface area contributed by atoms with Gasteiger partial charge in [0, 0.05) is 30.2 Å². The number of aryl methyl sites for hydroxylation is 2. The smallest absolute Gasteiger partial charge is 0.279 e. The van der Waals surface area contributed by atoms with Crippen LogP contribution in [-0.4, -0.2) is 36.3 Å². The average molecular weight is 492 g/mol. The fraction of sp³-hybridized carbons (Fsp3) is 0.391. The minimum absolute atomic E-state index is 0.207. The first-order valence-corrected chi connectivity index (χ1v) is 13.3. The number of aromatic nitrogens is 1. The van der Waals surface area contributed by atoms with E-state index < -0.39 is 15.9 Å². The van der Waals surface area contributed by atoms with Gasteiger partial charge in [0.25, 0.3) is 5.91 Å². The standard InChI is InChI=1S/C23H26ClN3O3S2/c1-4-27-21-16(3)12-18(24)13-20(21)31-23(27)25-22(28)17-7-9-19(10-8-17)32(29,30)26-11-5-6-15(2)14-26/h7-10,12-13,15H,4-6,11,14H2,1-3H3. The van der Waals surface area contributed by atoms with E-state index in [1.807, 2.05) is 30.5 Å². The lowest BCUT2D eigenvalue weighted by Crippen LogP contribution is -2.39. The van der Waals surface area contributed by atoms with Gasteiger partial charge in [0.05, 0.1) is 15.1 Å². The Morgan fingerprint density at radius 2 is 1.97 bits per heavy atom. The average Bonchev–Trinajstić information content (AvgIpc) is 3.10. The number of amides is 1. The Kier molecular flexibility index (Phi) is 6.58. The molecule has 1 saturated heterocycles. The summed E-state index contributed by atoms with van der Waals surface area (Å²) >= 11 is 7.61. The molecule has 1 aliphatic rings. The van der Waals surface area contributed by atoms with Crippen molar-refractivity contribution in [3.05, 3.63) is 57.3 Å². The van der Waals surface area contributed by atoms with E-state index in [9.17, 15) is 13.2 Å². The summed E-state index contributed by atoms with van der Waals surface area (Å²) in [5, 5.41) is 0.650. The number of hydrogen-bond acceptors (Lipinski definition) is 4. The molecule has 0 radical (unpaired) electrons. The van der Waals surface area contributed by atoms with Crippen molar-refractivity contribution in [2.24, 2.45) is 10.9 Å². The molecule has 1 fully saturated rings. The van der Waals surface area contributed by atoms with Crippen molar-refractivity contribution in [3.8, 4) is 0 Å². The minimum Gasteiger partial charge on any atom is -0.316 e. The van der Waals surface area contributed by atoms with Gasteiger partial charge in [-0.3, -0.25) is 4.79 Å². The summed E-state index contributed by atoms with van der Waals surface area (Å²) in [7, 11) is -3.56. The molecule has 2 aromatic carbocycles. The molecule has 6 nitrogen and oxygen atoms in total. The lowest BCUT2D eigenvalue weighted by Gasteiger charge is -2.30. The summed E-state index contributed by atoms with van der Waals surface area (Å²) in [5.41, 5.74) is 2.40. The maximum atomic E-state index is 13.0. The highest BCUT2D eigenvalue weighted by Gasteiger charge is 2.28. The van der Waals surface area contributed by atoms with Crippen LogP contribution in [0.15, 0.2) is 46.3 Å². The largest absolute Gasteiger partial charge is 0.316 e. The van der Waals surface area contributed by atoms with Gasteiger partial charge in [-0.1, -0.05) is 29.9 Å². The molecule has 0 bridgehead atoms. The monoisotopic (exact) mass is 491 g/mol.